The van der Waals surface area contributed by atoms with Gasteiger partial charge >= 0.3 is 0 Å². The molecule has 0 unspecified atom stereocenters. The number of fused-ring (bicyclic) bond motifs is 1. The Morgan fingerprint density at radius 2 is 2.03 bits per heavy atom. The van der Waals surface area contributed by atoms with Crippen molar-refractivity contribution < 1.29 is 18.7 Å². The van der Waals surface area contributed by atoms with E-state index in [1.54, 1.807) is 6.20 Å². The van der Waals surface area contributed by atoms with E-state index in [1.165, 1.54) is 6.07 Å². The second-order valence-corrected chi connectivity index (χ2v) is 9.58. The second-order valence-electron chi connectivity index (χ2n) is 8.55. The van der Waals surface area contributed by atoms with Gasteiger partial charge < -0.3 is 26.8 Å². The van der Waals surface area contributed by atoms with Gasteiger partial charge in [0.25, 0.3) is 5.91 Å². The molecular formula is C23H24F2N6O2S. The van der Waals surface area contributed by atoms with E-state index in [0.29, 0.717) is 25.2 Å². The Hall–Kier alpha value is -3.15. The van der Waals surface area contributed by atoms with Crippen LogP contribution in [0.4, 0.5) is 25.2 Å². The van der Waals surface area contributed by atoms with Gasteiger partial charge in [0.15, 0.2) is 5.69 Å². The van der Waals surface area contributed by atoms with Crippen molar-refractivity contribution in [3.05, 3.63) is 53.0 Å². The number of halogens is 2. The lowest BCUT2D eigenvalue weighted by Gasteiger charge is -2.37. The molecule has 2 atom stereocenters. The number of nitrogen functional groups attached to an aromatic ring is 1. The van der Waals surface area contributed by atoms with E-state index in [1.807, 2.05) is 0 Å². The molecule has 6 N–H and O–H groups in total. The van der Waals surface area contributed by atoms with Gasteiger partial charge in [0.2, 0.25) is 0 Å². The number of aliphatic hydroxyl groups excluding tert-OH is 1. The Balaban J connectivity index is 1.48. The minimum Gasteiger partial charge on any atom is -0.391 e. The van der Waals surface area contributed by atoms with Crippen molar-refractivity contribution >= 4 is 33.6 Å². The first-order chi connectivity index (χ1) is 16.3. The van der Waals surface area contributed by atoms with Crippen LogP contribution < -0.4 is 21.7 Å². The normalized spacial score (nSPS) is 19.8. The third kappa shape index (κ3) is 3.99. The zero-order valence-corrected chi connectivity index (χ0v) is 19.0. The number of rotatable bonds is 4. The lowest BCUT2D eigenvalue weighted by atomic mass is 10.0. The largest absolute Gasteiger partial charge is 0.391 e. The van der Waals surface area contributed by atoms with Crippen LogP contribution in [-0.2, 0) is 12.8 Å². The number of benzene rings is 1. The summed E-state index contributed by atoms with van der Waals surface area (Å²) < 4.78 is 28.4. The fourth-order valence-electron chi connectivity index (χ4n) is 4.60. The summed E-state index contributed by atoms with van der Waals surface area (Å²) >= 11 is 0.843. The Bertz CT molecular complexity index is 1250. The van der Waals surface area contributed by atoms with Gasteiger partial charge in [0, 0.05) is 24.8 Å². The topological polar surface area (TPSA) is 130 Å². The quantitative estimate of drug-likeness (QED) is 0.446. The number of hydrogen-bond acceptors (Lipinski definition) is 8. The van der Waals surface area contributed by atoms with Crippen molar-refractivity contribution in [1.82, 2.24) is 9.97 Å². The average molecular weight is 487 g/mol. The van der Waals surface area contributed by atoms with E-state index in [2.05, 4.69) is 20.2 Å². The summed E-state index contributed by atoms with van der Waals surface area (Å²) in [6.45, 7) is 1.03. The number of nitrogens with one attached hydrogen (secondary N) is 1. The predicted molar refractivity (Wildman–Crippen MR) is 127 cm³/mol. The highest BCUT2D eigenvalue weighted by atomic mass is 32.1. The van der Waals surface area contributed by atoms with Crippen LogP contribution in [0.3, 0.4) is 0 Å². The first-order valence-electron chi connectivity index (χ1n) is 11.0. The molecule has 34 heavy (non-hydrogen) atoms. The molecule has 0 radical (unpaired) electrons. The van der Waals surface area contributed by atoms with E-state index >= 15 is 0 Å². The summed E-state index contributed by atoms with van der Waals surface area (Å²) in [4.78, 5) is 23.9. The summed E-state index contributed by atoms with van der Waals surface area (Å²) in [5.41, 5.74) is 15.1. The number of piperidine rings is 1. The van der Waals surface area contributed by atoms with E-state index in [0.717, 1.165) is 59.7 Å². The highest BCUT2D eigenvalue weighted by Gasteiger charge is 2.31. The highest BCUT2D eigenvalue weighted by Crippen LogP contribution is 2.39. The maximum Gasteiger partial charge on any atom is 0.277 e. The van der Waals surface area contributed by atoms with Crippen LogP contribution in [0.15, 0.2) is 24.4 Å². The van der Waals surface area contributed by atoms with Crippen LogP contribution in [0.1, 0.15) is 34.6 Å². The van der Waals surface area contributed by atoms with Crippen LogP contribution >= 0.6 is 11.3 Å². The molecule has 1 aromatic carbocycles. The SMILES string of the molecule is Nc1sc(-c2c(F)cccc2F)nc1C(=O)Nc1cnc2c(c1N1CC[C@H](O)[C@@H](N)C1)CCC2. The Kier molecular flexibility index (Phi) is 5.92. The van der Waals surface area contributed by atoms with Crippen LogP contribution in [0.5, 0.6) is 0 Å². The van der Waals surface area contributed by atoms with Gasteiger partial charge in [0.05, 0.1) is 29.2 Å². The Labute approximate surface area is 198 Å². The number of aromatic nitrogens is 2. The zero-order valence-electron chi connectivity index (χ0n) is 18.2. The molecule has 1 aliphatic heterocycles. The monoisotopic (exact) mass is 486 g/mol. The van der Waals surface area contributed by atoms with Crippen molar-refractivity contribution in [3.63, 3.8) is 0 Å². The molecule has 3 heterocycles. The number of aryl methyl sites for hydroxylation is 1. The molecular weight excluding hydrogens is 462 g/mol. The number of carbonyl (C=O) groups is 1. The molecule has 1 saturated heterocycles. The summed E-state index contributed by atoms with van der Waals surface area (Å²) in [5.74, 6) is -2.16. The fourth-order valence-corrected chi connectivity index (χ4v) is 5.48. The van der Waals surface area contributed by atoms with Gasteiger partial charge in [-0.25, -0.2) is 13.8 Å². The molecule has 5 rings (SSSR count). The molecule has 8 nitrogen and oxygen atoms in total. The molecule has 0 saturated carbocycles. The first-order valence-corrected chi connectivity index (χ1v) is 11.9. The summed E-state index contributed by atoms with van der Waals surface area (Å²) in [6.07, 6.45) is 4.19. The van der Waals surface area contributed by atoms with E-state index in [9.17, 15) is 18.7 Å². The maximum atomic E-state index is 14.2. The molecule has 3 aromatic rings. The summed E-state index contributed by atoms with van der Waals surface area (Å²) in [5, 5.41) is 12.9. The van der Waals surface area contributed by atoms with E-state index in [-0.39, 0.29) is 21.3 Å². The molecule has 2 aliphatic rings. The molecule has 11 heteroatoms. The van der Waals surface area contributed by atoms with Crippen LogP contribution in [0, 0.1) is 11.6 Å². The molecule has 0 bridgehead atoms. The number of amides is 1. The van der Waals surface area contributed by atoms with E-state index in [4.69, 9.17) is 11.5 Å². The molecule has 178 valence electrons. The standard InChI is InChI=1S/C23H24F2N6O2S/c24-12-4-2-5-13(25)18(12)23-30-19(21(27)34-23)22(33)29-16-9-28-15-6-1-3-11(15)20(16)31-8-7-17(32)14(26)10-31/h2,4-5,9,14,17,32H,1,3,6-8,10,26-27H2,(H,29,33)/t14-,17-/m0/s1. The number of anilines is 3. The lowest BCUT2D eigenvalue weighted by molar-refractivity contribution is 0.102. The first kappa shape index (κ1) is 22.6. The summed E-state index contributed by atoms with van der Waals surface area (Å²) in [7, 11) is 0. The minimum atomic E-state index is -0.783. The van der Waals surface area contributed by atoms with E-state index < -0.39 is 29.7 Å². The van der Waals surface area contributed by atoms with Gasteiger partial charge in [-0.15, -0.1) is 0 Å². The predicted octanol–water partition coefficient (Wildman–Crippen LogP) is 2.70. The number of aliphatic hydroxyl groups is 1. The van der Waals surface area contributed by atoms with Gasteiger partial charge in [-0.1, -0.05) is 17.4 Å². The summed E-state index contributed by atoms with van der Waals surface area (Å²) in [6, 6.07) is 3.10. The van der Waals surface area contributed by atoms with Crippen LogP contribution in [-0.4, -0.2) is 46.2 Å². The molecule has 1 aliphatic carbocycles. The second kappa shape index (κ2) is 8.90. The molecule has 1 fully saturated rings. The number of carbonyl (C=O) groups excluding carboxylic acids is 1. The van der Waals surface area contributed by atoms with Crippen LogP contribution in [0.2, 0.25) is 0 Å². The maximum absolute atomic E-state index is 14.2. The Morgan fingerprint density at radius 3 is 2.76 bits per heavy atom. The molecule has 2 aromatic heterocycles. The zero-order chi connectivity index (χ0) is 24.0. The van der Waals surface area contributed by atoms with Gasteiger partial charge in [-0.3, -0.25) is 9.78 Å². The fraction of sp³-hybridized carbons (Fsp3) is 0.348. The smallest absolute Gasteiger partial charge is 0.277 e. The minimum absolute atomic E-state index is 0.0125. The van der Waals surface area contributed by atoms with Crippen molar-refractivity contribution in [1.29, 1.82) is 0 Å². The van der Waals surface area contributed by atoms with Crippen molar-refractivity contribution in [2.24, 2.45) is 5.73 Å². The highest BCUT2D eigenvalue weighted by molar-refractivity contribution is 7.19. The van der Waals surface area contributed by atoms with Crippen molar-refractivity contribution in [3.8, 4) is 10.6 Å². The van der Waals surface area contributed by atoms with Crippen molar-refractivity contribution in [2.45, 2.75) is 37.8 Å². The third-order valence-electron chi connectivity index (χ3n) is 6.31. The number of nitrogens with two attached hydrogens (primary N) is 2. The van der Waals surface area contributed by atoms with Gasteiger partial charge in [-0.05, 0) is 43.4 Å². The third-order valence-corrected chi connectivity index (χ3v) is 7.21. The van der Waals surface area contributed by atoms with Crippen molar-refractivity contribution in [2.75, 3.05) is 29.0 Å². The van der Waals surface area contributed by atoms with Gasteiger partial charge in [-0.2, -0.15) is 0 Å². The average Bonchev–Trinajstić information content (AvgIpc) is 3.42. The molecule has 1 amide bonds. The molecule has 0 spiro atoms. The Morgan fingerprint density at radius 1 is 1.26 bits per heavy atom. The number of thiazole rings is 1. The lowest BCUT2D eigenvalue weighted by Crippen LogP contribution is -2.51. The van der Waals surface area contributed by atoms with Crippen LogP contribution in [0.25, 0.3) is 10.6 Å². The van der Waals surface area contributed by atoms with Gasteiger partial charge in [0.1, 0.15) is 21.6 Å². The number of nitrogens with zero attached hydrogens (tertiary/aromatic N) is 3. The number of hydrogen-bond donors (Lipinski definition) is 4. The number of pyridine rings is 1.